The lowest BCUT2D eigenvalue weighted by Gasteiger charge is -1.97. The summed E-state index contributed by atoms with van der Waals surface area (Å²) in [7, 11) is 0. The highest BCUT2D eigenvalue weighted by Crippen LogP contribution is 2.22. The van der Waals surface area contributed by atoms with E-state index in [0.29, 0.717) is 0 Å². The molecule has 4 rings (SSSR count). The summed E-state index contributed by atoms with van der Waals surface area (Å²) in [4.78, 5) is 0. The van der Waals surface area contributed by atoms with Crippen LogP contribution in [0.1, 0.15) is 10.6 Å². The van der Waals surface area contributed by atoms with Gasteiger partial charge in [0.2, 0.25) is 5.69 Å². The molecule has 0 aliphatic carbocycles. The number of para-hydroxylation sites is 2. The van der Waals surface area contributed by atoms with Gasteiger partial charge < -0.3 is 17.7 Å². The lowest BCUT2D eigenvalue weighted by Crippen LogP contribution is -3.00. The van der Waals surface area contributed by atoms with Crippen LogP contribution in [-0.4, -0.2) is 5.10 Å². The Morgan fingerprint density at radius 2 is 1.33 bits per heavy atom. The number of nitrogens with one attached hydrogen (secondary N) is 1. The molecule has 0 fully saturated rings. The number of hydrogen-bond acceptors (Lipinski definition) is 3. The van der Waals surface area contributed by atoms with Gasteiger partial charge in [-0.25, -0.2) is 0 Å². The van der Waals surface area contributed by atoms with Gasteiger partial charge in [-0.15, -0.1) is 0 Å². The summed E-state index contributed by atoms with van der Waals surface area (Å²) >= 11 is 1.62. The van der Waals surface area contributed by atoms with Crippen molar-refractivity contribution in [1.29, 1.82) is 0 Å². The third-order valence-electron chi connectivity index (χ3n) is 3.84. The SMILES string of the molecule is C(=C\c1sc(Nc2ccccc2)n[n+]1-c1ccccc1)/c1ccccc1.[Cl-]. The number of anilines is 2. The Balaban J connectivity index is 0.00000210. The quantitative estimate of drug-likeness (QED) is 0.529. The molecule has 3 aromatic carbocycles. The van der Waals surface area contributed by atoms with Crippen LogP contribution in [0.15, 0.2) is 91.0 Å². The first-order chi connectivity index (χ1) is 12.9. The number of hydrogen-bond donors (Lipinski definition) is 1. The van der Waals surface area contributed by atoms with Crippen LogP contribution in [0.2, 0.25) is 0 Å². The van der Waals surface area contributed by atoms with Crippen molar-refractivity contribution in [3.63, 3.8) is 0 Å². The maximum atomic E-state index is 4.76. The van der Waals surface area contributed by atoms with Crippen LogP contribution >= 0.6 is 11.3 Å². The normalized spacial score (nSPS) is 10.5. The van der Waals surface area contributed by atoms with E-state index in [1.54, 1.807) is 11.3 Å². The van der Waals surface area contributed by atoms with E-state index in [9.17, 15) is 0 Å². The summed E-state index contributed by atoms with van der Waals surface area (Å²) in [6.45, 7) is 0. The van der Waals surface area contributed by atoms with E-state index in [1.807, 2.05) is 71.4 Å². The predicted molar refractivity (Wildman–Crippen MR) is 109 cm³/mol. The molecule has 0 bridgehead atoms. The minimum Gasteiger partial charge on any atom is -1.00 e. The Hall–Kier alpha value is -2.95. The standard InChI is InChI=1S/C22H18N3S.ClH/c1-4-10-18(11-5-1)16-17-21-25(20-14-8-3-9-15-20)24-22(26-21)23-19-12-6-2-7-13-19;/h1-17H,(H,23,24);1H/q+1;/p-1/b17-16+;. The van der Waals surface area contributed by atoms with Crippen molar-refractivity contribution >= 4 is 34.3 Å². The van der Waals surface area contributed by atoms with Gasteiger partial charge in [0, 0.05) is 29.0 Å². The van der Waals surface area contributed by atoms with Crippen LogP contribution in [0.4, 0.5) is 10.8 Å². The van der Waals surface area contributed by atoms with E-state index >= 15 is 0 Å². The van der Waals surface area contributed by atoms with Gasteiger partial charge in [0.05, 0.1) is 0 Å². The minimum atomic E-state index is 0. The van der Waals surface area contributed by atoms with Crippen molar-refractivity contribution in [2.75, 3.05) is 5.32 Å². The molecule has 0 aliphatic heterocycles. The summed E-state index contributed by atoms with van der Waals surface area (Å²) in [5, 5.41) is 10.1. The number of nitrogens with zero attached hydrogens (tertiary/aromatic N) is 2. The second-order valence-corrected chi connectivity index (χ2v) is 6.74. The predicted octanol–water partition coefficient (Wildman–Crippen LogP) is 2.34. The molecule has 1 heterocycles. The van der Waals surface area contributed by atoms with Crippen LogP contribution in [0, 0.1) is 0 Å². The van der Waals surface area contributed by atoms with Crippen LogP contribution in [0.3, 0.4) is 0 Å². The Bertz CT molecular complexity index is 1000. The molecule has 0 saturated heterocycles. The monoisotopic (exact) mass is 391 g/mol. The molecule has 134 valence electrons. The van der Waals surface area contributed by atoms with Gasteiger partial charge in [-0.2, -0.15) is 0 Å². The van der Waals surface area contributed by atoms with Crippen LogP contribution < -0.4 is 22.4 Å². The first-order valence-electron chi connectivity index (χ1n) is 8.42. The first kappa shape index (κ1) is 18.8. The summed E-state index contributed by atoms with van der Waals surface area (Å²) < 4.78 is 1.97. The van der Waals surface area contributed by atoms with Crippen molar-refractivity contribution < 1.29 is 17.1 Å². The third kappa shape index (κ3) is 4.82. The van der Waals surface area contributed by atoms with E-state index in [1.165, 1.54) is 0 Å². The molecule has 0 spiro atoms. The fraction of sp³-hybridized carbons (Fsp3) is 0. The third-order valence-corrected chi connectivity index (χ3v) is 4.74. The van der Waals surface area contributed by atoms with Gasteiger partial charge in [-0.05, 0) is 39.8 Å². The van der Waals surface area contributed by atoms with Crippen molar-refractivity contribution in [3.8, 4) is 5.69 Å². The molecule has 0 atom stereocenters. The highest BCUT2D eigenvalue weighted by Gasteiger charge is 2.20. The molecule has 0 radical (unpaired) electrons. The molecular formula is C22H18ClN3S. The number of halogens is 1. The molecule has 1 aromatic heterocycles. The minimum absolute atomic E-state index is 0. The Morgan fingerprint density at radius 1 is 0.741 bits per heavy atom. The fourth-order valence-electron chi connectivity index (χ4n) is 2.59. The molecule has 4 aromatic rings. The molecule has 0 unspecified atom stereocenters. The molecule has 27 heavy (non-hydrogen) atoms. The summed E-state index contributed by atoms with van der Waals surface area (Å²) in [5.74, 6) is 0. The molecule has 0 aliphatic rings. The number of aromatic nitrogens is 2. The van der Waals surface area contributed by atoms with E-state index in [2.05, 4.69) is 41.7 Å². The van der Waals surface area contributed by atoms with E-state index in [4.69, 9.17) is 5.10 Å². The topological polar surface area (TPSA) is 28.8 Å². The lowest BCUT2D eigenvalue weighted by molar-refractivity contribution is -0.654. The fourth-order valence-corrected chi connectivity index (χ4v) is 3.45. The van der Waals surface area contributed by atoms with Crippen LogP contribution in [-0.2, 0) is 0 Å². The largest absolute Gasteiger partial charge is 1.00 e. The summed E-state index contributed by atoms with van der Waals surface area (Å²) in [6, 6.07) is 30.6. The second kappa shape index (κ2) is 9.12. The van der Waals surface area contributed by atoms with E-state index in [0.717, 1.165) is 27.1 Å². The van der Waals surface area contributed by atoms with Gasteiger partial charge in [-0.3, -0.25) is 0 Å². The molecule has 0 saturated carbocycles. The maximum Gasteiger partial charge on any atom is 0.297 e. The number of rotatable bonds is 5. The Kier molecular flexibility index (Phi) is 6.36. The van der Waals surface area contributed by atoms with Gasteiger partial charge in [0.1, 0.15) is 0 Å². The second-order valence-electron chi connectivity index (χ2n) is 5.73. The van der Waals surface area contributed by atoms with Gasteiger partial charge >= 0.3 is 0 Å². The zero-order chi connectivity index (χ0) is 17.6. The highest BCUT2D eigenvalue weighted by atomic mass is 35.5. The zero-order valence-corrected chi connectivity index (χ0v) is 16.1. The summed E-state index contributed by atoms with van der Waals surface area (Å²) in [5.41, 5.74) is 3.23. The van der Waals surface area contributed by atoms with Crippen molar-refractivity contribution in [2.24, 2.45) is 0 Å². The molecular weight excluding hydrogens is 374 g/mol. The lowest BCUT2D eigenvalue weighted by atomic mass is 10.2. The molecule has 0 amide bonds. The van der Waals surface area contributed by atoms with Crippen molar-refractivity contribution in [3.05, 3.63) is 102 Å². The van der Waals surface area contributed by atoms with E-state index < -0.39 is 0 Å². The summed E-state index contributed by atoms with van der Waals surface area (Å²) in [6.07, 6.45) is 4.22. The molecule has 1 N–H and O–H groups in total. The average molecular weight is 392 g/mol. The number of benzene rings is 3. The zero-order valence-electron chi connectivity index (χ0n) is 14.5. The smallest absolute Gasteiger partial charge is 0.297 e. The molecule has 3 nitrogen and oxygen atoms in total. The Morgan fingerprint density at radius 3 is 2.00 bits per heavy atom. The van der Waals surface area contributed by atoms with Crippen molar-refractivity contribution in [2.45, 2.75) is 0 Å². The van der Waals surface area contributed by atoms with Gasteiger partial charge in [0.15, 0.2) is 0 Å². The average Bonchev–Trinajstić information content (AvgIpc) is 3.11. The van der Waals surface area contributed by atoms with E-state index in [-0.39, 0.29) is 12.4 Å². The highest BCUT2D eigenvalue weighted by molar-refractivity contribution is 7.15. The molecule has 5 heteroatoms. The first-order valence-corrected chi connectivity index (χ1v) is 9.24. The Labute approximate surface area is 169 Å². The van der Waals surface area contributed by atoms with Crippen LogP contribution in [0.25, 0.3) is 17.8 Å². The maximum absolute atomic E-state index is 4.76. The van der Waals surface area contributed by atoms with Crippen molar-refractivity contribution in [1.82, 2.24) is 5.10 Å². The van der Waals surface area contributed by atoms with Crippen LogP contribution in [0.5, 0.6) is 0 Å². The van der Waals surface area contributed by atoms with Gasteiger partial charge in [-0.1, -0.05) is 66.7 Å². The van der Waals surface area contributed by atoms with Gasteiger partial charge in [0.25, 0.3) is 10.1 Å².